The molecule has 0 spiro atoms. The van der Waals surface area contributed by atoms with E-state index in [2.05, 4.69) is 6.42 Å². The number of hydrogen-bond acceptors (Lipinski definition) is 1. The highest BCUT2D eigenvalue weighted by Crippen LogP contribution is 2.03. The minimum Gasteiger partial charge on any atom is -0.381 e. The summed E-state index contributed by atoms with van der Waals surface area (Å²) in [5, 5.41) is 0. The second kappa shape index (κ2) is 3.03. The monoisotopic (exact) mass is 99.1 g/mol. The first kappa shape index (κ1) is 5.10. The van der Waals surface area contributed by atoms with Gasteiger partial charge in [-0.25, -0.2) is 0 Å². The van der Waals surface area contributed by atoms with Crippen molar-refractivity contribution < 1.29 is 4.74 Å². The maximum Gasteiger partial charge on any atom is 0.0468 e. The molecule has 1 heteroatoms. The van der Waals surface area contributed by atoms with Crippen molar-refractivity contribution >= 4 is 0 Å². The van der Waals surface area contributed by atoms with E-state index in [9.17, 15) is 0 Å². The maximum absolute atomic E-state index is 5.16. The molecule has 0 atom stereocenters. The lowest BCUT2D eigenvalue weighted by molar-refractivity contribution is 0.146. The molecule has 0 aliphatic carbocycles. The minimum absolute atomic E-state index is 0.944. The van der Waals surface area contributed by atoms with Gasteiger partial charge in [-0.15, -0.1) is 0 Å². The van der Waals surface area contributed by atoms with Gasteiger partial charge < -0.3 is 4.74 Å². The summed E-state index contributed by atoms with van der Waals surface area (Å²) in [4.78, 5) is 0. The van der Waals surface area contributed by atoms with Crippen LogP contribution in [0.4, 0.5) is 0 Å². The van der Waals surface area contributed by atoms with E-state index in [0.29, 0.717) is 0 Å². The molecule has 1 aliphatic rings. The second-order valence-corrected chi connectivity index (χ2v) is 1.83. The quantitative estimate of drug-likeness (QED) is 0.446. The summed E-state index contributed by atoms with van der Waals surface area (Å²) >= 11 is 0. The van der Waals surface area contributed by atoms with E-state index in [1.165, 1.54) is 12.8 Å². The third kappa shape index (κ3) is 1.93. The summed E-state index contributed by atoms with van der Waals surface area (Å²) < 4.78 is 5.16. The fourth-order valence-corrected chi connectivity index (χ4v) is 0.743. The molecule has 1 rings (SSSR count). The summed E-state index contributed by atoms with van der Waals surface area (Å²) in [5.74, 6) is 0. The third-order valence-electron chi connectivity index (χ3n) is 1.16. The number of ether oxygens (including phenoxy) is 1. The van der Waals surface area contributed by atoms with Crippen molar-refractivity contribution in [3.05, 3.63) is 6.42 Å². The van der Waals surface area contributed by atoms with Crippen LogP contribution in [0.5, 0.6) is 0 Å². The first-order chi connectivity index (χ1) is 3.50. The molecule has 0 aromatic rings. The summed E-state index contributed by atoms with van der Waals surface area (Å²) in [6.45, 7) is 1.91. The van der Waals surface area contributed by atoms with Gasteiger partial charge in [-0.1, -0.05) is 0 Å². The average molecular weight is 99.2 g/mol. The Morgan fingerprint density at radius 1 is 1.14 bits per heavy atom. The van der Waals surface area contributed by atoms with Crippen molar-refractivity contribution in [1.82, 2.24) is 0 Å². The molecule has 0 saturated carbocycles. The van der Waals surface area contributed by atoms with Crippen molar-refractivity contribution in [3.63, 3.8) is 0 Å². The van der Waals surface area contributed by atoms with E-state index in [1.54, 1.807) is 0 Å². The van der Waals surface area contributed by atoms with E-state index >= 15 is 0 Å². The summed E-state index contributed by atoms with van der Waals surface area (Å²) in [6, 6.07) is 0. The van der Waals surface area contributed by atoms with Crippen LogP contribution in [0.15, 0.2) is 0 Å². The molecule has 0 bridgehead atoms. The molecule has 0 N–H and O–H groups in total. The van der Waals surface area contributed by atoms with Crippen LogP contribution in [0.3, 0.4) is 0 Å². The highest BCUT2D eigenvalue weighted by molar-refractivity contribution is 4.65. The predicted molar refractivity (Wildman–Crippen MR) is 29.0 cm³/mol. The lowest BCUT2D eigenvalue weighted by atomic mass is 10.2. The normalized spacial score (nSPS) is 24.0. The maximum atomic E-state index is 5.16. The van der Waals surface area contributed by atoms with Gasteiger partial charge in [-0.3, -0.25) is 0 Å². The molecule has 0 amide bonds. The molecule has 1 nitrogen and oxygen atoms in total. The lowest BCUT2D eigenvalue weighted by Crippen LogP contribution is -1.89. The summed E-state index contributed by atoms with van der Waals surface area (Å²) in [6.07, 6.45) is 5.92. The van der Waals surface area contributed by atoms with Gasteiger partial charge in [0.15, 0.2) is 0 Å². The first-order valence-electron chi connectivity index (χ1n) is 2.89. The van der Waals surface area contributed by atoms with Gasteiger partial charge in [0.2, 0.25) is 0 Å². The Morgan fingerprint density at radius 3 is 3.14 bits per heavy atom. The molecular weight excluding hydrogens is 88.1 g/mol. The van der Waals surface area contributed by atoms with Crippen LogP contribution in [0, 0.1) is 6.42 Å². The average Bonchev–Trinajstić information content (AvgIpc) is 1.90. The van der Waals surface area contributed by atoms with Crippen molar-refractivity contribution in [2.24, 2.45) is 0 Å². The van der Waals surface area contributed by atoms with Crippen LogP contribution in [-0.2, 0) is 4.74 Å². The van der Waals surface area contributed by atoms with Crippen LogP contribution < -0.4 is 0 Å². The molecule has 0 aromatic heterocycles. The standard InChI is InChI=1S/C6H11O/c1-2-4-6-7-5-3-1/h1H,2-6H2. The highest BCUT2D eigenvalue weighted by atomic mass is 16.5. The Hall–Kier alpha value is -0.0400. The highest BCUT2D eigenvalue weighted by Gasteiger charge is 1.95. The second-order valence-electron chi connectivity index (χ2n) is 1.83. The molecule has 7 heavy (non-hydrogen) atoms. The molecule has 0 aromatic carbocycles. The summed E-state index contributed by atoms with van der Waals surface area (Å²) in [7, 11) is 0. The molecule has 41 valence electrons. The Labute approximate surface area is 44.7 Å². The first-order valence-corrected chi connectivity index (χ1v) is 2.89. The van der Waals surface area contributed by atoms with Gasteiger partial charge in [0.05, 0.1) is 0 Å². The zero-order valence-corrected chi connectivity index (χ0v) is 4.52. The Morgan fingerprint density at radius 2 is 2.14 bits per heavy atom. The molecular formula is C6H11O. The van der Waals surface area contributed by atoms with Crippen LogP contribution in [-0.4, -0.2) is 13.2 Å². The van der Waals surface area contributed by atoms with Gasteiger partial charge in [-0.2, -0.15) is 0 Å². The van der Waals surface area contributed by atoms with E-state index in [0.717, 1.165) is 19.6 Å². The van der Waals surface area contributed by atoms with Crippen LogP contribution in [0.25, 0.3) is 0 Å². The smallest absolute Gasteiger partial charge is 0.0468 e. The molecule has 1 saturated heterocycles. The Bertz CT molecular complexity index is 23.8. The van der Waals surface area contributed by atoms with E-state index in [-0.39, 0.29) is 0 Å². The Balaban J connectivity index is 2.04. The van der Waals surface area contributed by atoms with Crippen molar-refractivity contribution in [3.8, 4) is 0 Å². The van der Waals surface area contributed by atoms with Crippen molar-refractivity contribution in [1.29, 1.82) is 0 Å². The van der Waals surface area contributed by atoms with Gasteiger partial charge in [0.1, 0.15) is 0 Å². The van der Waals surface area contributed by atoms with Gasteiger partial charge in [-0.05, 0) is 25.7 Å². The molecule has 1 heterocycles. The lowest BCUT2D eigenvalue weighted by Gasteiger charge is -1.91. The molecule has 1 aliphatic heterocycles. The number of hydrogen-bond donors (Lipinski definition) is 0. The zero-order valence-electron chi connectivity index (χ0n) is 4.52. The van der Waals surface area contributed by atoms with Crippen LogP contribution >= 0.6 is 0 Å². The Kier molecular flexibility index (Phi) is 2.21. The van der Waals surface area contributed by atoms with E-state index in [1.807, 2.05) is 0 Å². The van der Waals surface area contributed by atoms with Gasteiger partial charge in [0, 0.05) is 13.2 Å². The van der Waals surface area contributed by atoms with Gasteiger partial charge >= 0.3 is 0 Å². The molecule has 0 unspecified atom stereocenters. The third-order valence-corrected chi connectivity index (χ3v) is 1.16. The topological polar surface area (TPSA) is 9.23 Å². The predicted octanol–water partition coefficient (Wildman–Crippen LogP) is 1.39. The van der Waals surface area contributed by atoms with Crippen LogP contribution in [0.2, 0.25) is 0 Å². The minimum atomic E-state index is 0.944. The SMILES string of the molecule is [CH]1CCCOCC1. The van der Waals surface area contributed by atoms with E-state index in [4.69, 9.17) is 4.74 Å². The summed E-state index contributed by atoms with van der Waals surface area (Å²) in [5.41, 5.74) is 0. The fraction of sp³-hybridized carbons (Fsp3) is 0.833. The van der Waals surface area contributed by atoms with Gasteiger partial charge in [0.25, 0.3) is 0 Å². The molecule has 1 radical (unpaired) electrons. The van der Waals surface area contributed by atoms with Crippen molar-refractivity contribution in [2.45, 2.75) is 19.3 Å². The number of rotatable bonds is 0. The fourth-order valence-electron chi connectivity index (χ4n) is 0.743. The van der Waals surface area contributed by atoms with E-state index < -0.39 is 0 Å². The zero-order chi connectivity index (χ0) is 4.95. The largest absolute Gasteiger partial charge is 0.381 e. The van der Waals surface area contributed by atoms with Crippen LogP contribution in [0.1, 0.15) is 19.3 Å². The molecule has 1 fully saturated rings. The van der Waals surface area contributed by atoms with Crippen molar-refractivity contribution in [2.75, 3.05) is 13.2 Å².